The maximum Gasteiger partial charge on any atom is 0.223 e. The van der Waals surface area contributed by atoms with Crippen LogP contribution in [-0.4, -0.2) is 47.2 Å². The number of nitrogens with zero attached hydrogens (tertiary/aromatic N) is 4. The lowest BCUT2D eigenvalue weighted by Gasteiger charge is -2.36. The van der Waals surface area contributed by atoms with E-state index in [0.717, 1.165) is 22.5 Å². The highest BCUT2D eigenvalue weighted by molar-refractivity contribution is 5.78. The number of hydrogen-bond donors (Lipinski definition) is 0. The Bertz CT molecular complexity index is 1200. The van der Waals surface area contributed by atoms with Crippen LogP contribution in [0.5, 0.6) is 0 Å². The third-order valence-electron chi connectivity index (χ3n) is 6.53. The zero-order chi connectivity index (χ0) is 24.0. The fourth-order valence-corrected chi connectivity index (χ4v) is 4.56. The average Bonchev–Trinajstić information content (AvgIpc) is 2.93. The quantitative estimate of drug-likeness (QED) is 0.394. The summed E-state index contributed by atoms with van der Waals surface area (Å²) in [7, 11) is 0. The molecule has 0 spiro atoms. The minimum Gasteiger partial charge on any atom is -0.352 e. The maximum atomic E-state index is 13.3. The molecule has 4 aromatic rings. The number of rotatable bonds is 6. The van der Waals surface area contributed by atoms with E-state index in [1.165, 1.54) is 12.1 Å². The molecule has 0 unspecified atom stereocenters. The summed E-state index contributed by atoms with van der Waals surface area (Å²) >= 11 is 0. The Morgan fingerprint density at radius 1 is 0.743 bits per heavy atom. The molecule has 5 rings (SSSR count). The van der Waals surface area contributed by atoms with E-state index in [2.05, 4.69) is 39.4 Å². The number of piperazine rings is 1. The number of anilines is 1. The first-order valence-corrected chi connectivity index (χ1v) is 11.9. The van der Waals surface area contributed by atoms with Gasteiger partial charge in [-0.25, -0.2) is 4.39 Å². The van der Waals surface area contributed by atoms with Gasteiger partial charge < -0.3 is 9.80 Å². The predicted molar refractivity (Wildman–Crippen MR) is 136 cm³/mol. The summed E-state index contributed by atoms with van der Waals surface area (Å²) < 4.78 is 13.2. The molecule has 0 aliphatic carbocycles. The zero-order valence-corrected chi connectivity index (χ0v) is 19.4. The summed E-state index contributed by atoms with van der Waals surface area (Å²) in [4.78, 5) is 17.4. The van der Waals surface area contributed by atoms with E-state index in [1.807, 2.05) is 53.4 Å². The Hall–Kier alpha value is -4.06. The number of carbonyl (C=O) groups is 1. The normalized spacial score (nSPS) is 13.8. The molecule has 1 fully saturated rings. The van der Waals surface area contributed by atoms with Crippen molar-refractivity contribution in [2.75, 3.05) is 31.1 Å². The van der Waals surface area contributed by atoms with Crippen LogP contribution in [-0.2, 0) is 4.79 Å². The molecule has 3 aromatic carbocycles. The first-order chi connectivity index (χ1) is 17.2. The molecule has 1 aliphatic heterocycles. The Morgan fingerprint density at radius 3 is 1.89 bits per heavy atom. The molecule has 0 bridgehead atoms. The molecule has 0 radical (unpaired) electrons. The fraction of sp³-hybridized carbons (Fsp3) is 0.207. The van der Waals surface area contributed by atoms with Crippen LogP contribution in [0.15, 0.2) is 97.1 Å². The van der Waals surface area contributed by atoms with Gasteiger partial charge in [-0.05, 0) is 47.5 Å². The number of carbonyl (C=O) groups excluding carboxylic acids is 1. The third-order valence-corrected chi connectivity index (χ3v) is 6.53. The first kappa shape index (κ1) is 22.7. The van der Waals surface area contributed by atoms with E-state index in [4.69, 9.17) is 0 Å². The fourth-order valence-electron chi connectivity index (χ4n) is 4.56. The van der Waals surface area contributed by atoms with Gasteiger partial charge in [0.25, 0.3) is 0 Å². The molecule has 0 atom stereocenters. The molecular weight excluding hydrogens is 439 g/mol. The van der Waals surface area contributed by atoms with Crippen LogP contribution in [0.1, 0.15) is 23.5 Å². The van der Waals surface area contributed by atoms with Crippen molar-refractivity contribution in [1.29, 1.82) is 0 Å². The second-order valence-electron chi connectivity index (χ2n) is 8.73. The van der Waals surface area contributed by atoms with Gasteiger partial charge in [0.2, 0.25) is 5.91 Å². The van der Waals surface area contributed by atoms with Crippen LogP contribution in [0.4, 0.5) is 10.2 Å². The van der Waals surface area contributed by atoms with Gasteiger partial charge in [-0.15, -0.1) is 10.2 Å². The van der Waals surface area contributed by atoms with Crippen LogP contribution in [0.3, 0.4) is 0 Å². The predicted octanol–water partition coefficient (Wildman–Crippen LogP) is 5.15. The molecule has 35 heavy (non-hydrogen) atoms. The van der Waals surface area contributed by atoms with E-state index in [0.29, 0.717) is 38.3 Å². The van der Waals surface area contributed by atoms with Gasteiger partial charge in [0, 0.05) is 44.1 Å². The SMILES string of the molecule is O=C(CC(c1ccccc1)c1ccccc1)N1CCN(c2ccc(-c3ccc(F)cc3)nn2)CC1. The lowest BCUT2D eigenvalue weighted by Crippen LogP contribution is -2.49. The Labute approximate surface area is 204 Å². The molecule has 0 saturated carbocycles. The Kier molecular flexibility index (Phi) is 6.80. The second-order valence-corrected chi connectivity index (χ2v) is 8.73. The Morgan fingerprint density at radius 2 is 1.34 bits per heavy atom. The standard InChI is InChI=1S/C29H27FN4O/c30-25-13-11-24(12-14-25)27-15-16-28(32-31-27)33-17-19-34(20-18-33)29(35)21-26(22-7-3-1-4-8-22)23-9-5-2-6-10-23/h1-16,26H,17-21H2. The van der Waals surface area contributed by atoms with E-state index < -0.39 is 0 Å². The van der Waals surface area contributed by atoms with Gasteiger partial charge in [-0.2, -0.15) is 0 Å². The van der Waals surface area contributed by atoms with Crippen LogP contribution in [0.25, 0.3) is 11.3 Å². The topological polar surface area (TPSA) is 49.3 Å². The molecule has 0 N–H and O–H groups in total. The van der Waals surface area contributed by atoms with Gasteiger partial charge in [0.05, 0.1) is 5.69 Å². The summed E-state index contributed by atoms with van der Waals surface area (Å²) in [5.74, 6) is 0.715. The van der Waals surface area contributed by atoms with Crippen molar-refractivity contribution in [2.45, 2.75) is 12.3 Å². The summed E-state index contributed by atoms with van der Waals surface area (Å²) in [6.45, 7) is 2.71. The van der Waals surface area contributed by atoms with Crippen LogP contribution in [0, 0.1) is 5.82 Å². The summed E-state index contributed by atoms with van der Waals surface area (Å²) in [5, 5.41) is 8.70. The number of hydrogen-bond acceptors (Lipinski definition) is 4. The zero-order valence-electron chi connectivity index (χ0n) is 19.4. The van der Waals surface area contributed by atoms with Crippen molar-refractivity contribution >= 4 is 11.7 Å². The average molecular weight is 467 g/mol. The largest absolute Gasteiger partial charge is 0.352 e. The van der Waals surface area contributed by atoms with Crippen molar-refractivity contribution in [3.8, 4) is 11.3 Å². The minimum atomic E-state index is -0.274. The first-order valence-electron chi connectivity index (χ1n) is 11.9. The molecule has 1 aromatic heterocycles. The number of halogens is 1. The summed E-state index contributed by atoms with van der Waals surface area (Å²) in [6, 6.07) is 30.5. The van der Waals surface area contributed by atoms with Gasteiger partial charge in [0.15, 0.2) is 5.82 Å². The molecule has 6 heteroatoms. The third kappa shape index (κ3) is 5.38. The van der Waals surface area contributed by atoms with Gasteiger partial charge in [-0.3, -0.25) is 4.79 Å². The smallest absolute Gasteiger partial charge is 0.223 e. The van der Waals surface area contributed by atoms with Crippen molar-refractivity contribution in [3.05, 3.63) is 114 Å². The highest BCUT2D eigenvalue weighted by Crippen LogP contribution is 2.29. The number of benzene rings is 3. The molecule has 1 saturated heterocycles. The number of aromatic nitrogens is 2. The van der Waals surface area contributed by atoms with E-state index >= 15 is 0 Å². The van der Waals surface area contributed by atoms with Gasteiger partial charge in [-0.1, -0.05) is 60.7 Å². The minimum absolute atomic E-state index is 0.0350. The van der Waals surface area contributed by atoms with Crippen molar-refractivity contribution in [2.24, 2.45) is 0 Å². The maximum absolute atomic E-state index is 13.3. The Balaban J connectivity index is 1.22. The van der Waals surface area contributed by atoms with Crippen LogP contribution >= 0.6 is 0 Å². The van der Waals surface area contributed by atoms with Crippen molar-refractivity contribution in [1.82, 2.24) is 15.1 Å². The molecular formula is C29H27FN4O. The van der Waals surface area contributed by atoms with Crippen molar-refractivity contribution in [3.63, 3.8) is 0 Å². The summed E-state index contributed by atoms with van der Waals surface area (Å²) in [5.41, 5.74) is 3.84. The molecule has 1 amide bonds. The van der Waals surface area contributed by atoms with Crippen LogP contribution in [0.2, 0.25) is 0 Å². The second kappa shape index (κ2) is 10.5. The molecule has 2 heterocycles. The lowest BCUT2D eigenvalue weighted by atomic mass is 9.88. The van der Waals surface area contributed by atoms with Crippen molar-refractivity contribution < 1.29 is 9.18 Å². The molecule has 1 aliphatic rings. The monoisotopic (exact) mass is 466 g/mol. The number of amides is 1. The summed E-state index contributed by atoms with van der Waals surface area (Å²) in [6.07, 6.45) is 0.445. The van der Waals surface area contributed by atoms with Gasteiger partial charge in [0.1, 0.15) is 5.82 Å². The van der Waals surface area contributed by atoms with E-state index in [-0.39, 0.29) is 17.6 Å². The van der Waals surface area contributed by atoms with Crippen LogP contribution < -0.4 is 4.90 Å². The van der Waals surface area contributed by atoms with E-state index in [9.17, 15) is 9.18 Å². The highest BCUT2D eigenvalue weighted by Gasteiger charge is 2.26. The van der Waals surface area contributed by atoms with E-state index in [1.54, 1.807) is 12.1 Å². The lowest BCUT2D eigenvalue weighted by molar-refractivity contribution is -0.131. The van der Waals surface area contributed by atoms with Gasteiger partial charge >= 0.3 is 0 Å². The molecule has 176 valence electrons. The highest BCUT2D eigenvalue weighted by atomic mass is 19.1. The molecule has 5 nitrogen and oxygen atoms in total.